The zero-order chi connectivity index (χ0) is 12.1. The number of halogens is 1. The molecule has 0 aliphatic heterocycles. The lowest BCUT2D eigenvalue weighted by Gasteiger charge is -2.13. The van der Waals surface area contributed by atoms with Crippen LogP contribution in [-0.2, 0) is 11.2 Å². The number of carboxylic acid groups (broad SMARTS) is 1. The zero-order valence-electron chi connectivity index (χ0n) is 9.37. The SMILES string of the molecule is CCC(Cc1cc(Cl)ccc1OC)C(=O)O. The van der Waals surface area contributed by atoms with Gasteiger partial charge in [0.05, 0.1) is 13.0 Å². The van der Waals surface area contributed by atoms with Gasteiger partial charge in [0.25, 0.3) is 0 Å². The quantitative estimate of drug-likeness (QED) is 0.864. The lowest BCUT2D eigenvalue weighted by molar-refractivity contribution is -0.141. The van der Waals surface area contributed by atoms with Crippen LogP contribution in [0.4, 0.5) is 0 Å². The largest absolute Gasteiger partial charge is 0.496 e. The minimum atomic E-state index is -0.787. The topological polar surface area (TPSA) is 46.5 Å². The Bertz CT molecular complexity index is 377. The molecule has 0 aliphatic carbocycles. The molecular weight excluding hydrogens is 228 g/mol. The van der Waals surface area contributed by atoms with Crippen molar-refractivity contribution in [3.05, 3.63) is 28.8 Å². The second-order valence-electron chi connectivity index (χ2n) is 3.60. The fourth-order valence-electron chi connectivity index (χ4n) is 1.58. The second-order valence-corrected chi connectivity index (χ2v) is 4.04. The Hall–Kier alpha value is -1.22. The highest BCUT2D eigenvalue weighted by Crippen LogP contribution is 2.26. The molecule has 1 N–H and O–H groups in total. The standard InChI is InChI=1S/C12H15ClO3/c1-3-8(12(14)15)6-9-7-10(13)4-5-11(9)16-2/h4-5,7-8H,3,6H2,1-2H3,(H,14,15). The van der Waals surface area contributed by atoms with E-state index in [0.717, 1.165) is 5.56 Å². The van der Waals surface area contributed by atoms with Crippen LogP contribution in [0.5, 0.6) is 5.75 Å². The monoisotopic (exact) mass is 242 g/mol. The van der Waals surface area contributed by atoms with Crippen LogP contribution in [0.3, 0.4) is 0 Å². The van der Waals surface area contributed by atoms with Crippen molar-refractivity contribution in [2.45, 2.75) is 19.8 Å². The van der Waals surface area contributed by atoms with Crippen LogP contribution in [0.25, 0.3) is 0 Å². The van der Waals surface area contributed by atoms with Crippen molar-refractivity contribution < 1.29 is 14.6 Å². The van der Waals surface area contributed by atoms with Gasteiger partial charge in [0.15, 0.2) is 0 Å². The smallest absolute Gasteiger partial charge is 0.306 e. The number of carbonyl (C=O) groups is 1. The minimum Gasteiger partial charge on any atom is -0.496 e. The highest BCUT2D eigenvalue weighted by atomic mass is 35.5. The Morgan fingerprint density at radius 2 is 2.25 bits per heavy atom. The van der Waals surface area contributed by atoms with E-state index in [0.29, 0.717) is 23.6 Å². The third kappa shape index (κ3) is 3.14. The molecule has 0 saturated carbocycles. The van der Waals surface area contributed by atoms with Gasteiger partial charge in [0, 0.05) is 5.02 Å². The van der Waals surface area contributed by atoms with Gasteiger partial charge >= 0.3 is 5.97 Å². The normalized spacial score (nSPS) is 12.2. The van der Waals surface area contributed by atoms with Crippen molar-refractivity contribution in [1.29, 1.82) is 0 Å². The van der Waals surface area contributed by atoms with Crippen LogP contribution >= 0.6 is 11.6 Å². The van der Waals surface area contributed by atoms with E-state index in [9.17, 15) is 4.79 Å². The molecule has 4 heteroatoms. The Morgan fingerprint density at radius 1 is 1.56 bits per heavy atom. The Kier molecular flexibility index (Phi) is 4.62. The number of carboxylic acids is 1. The molecule has 0 bridgehead atoms. The third-order valence-corrected chi connectivity index (χ3v) is 2.79. The lowest BCUT2D eigenvalue weighted by Crippen LogP contribution is -2.15. The van der Waals surface area contributed by atoms with Crippen molar-refractivity contribution in [2.24, 2.45) is 5.92 Å². The fraction of sp³-hybridized carbons (Fsp3) is 0.417. The van der Waals surface area contributed by atoms with Crippen molar-refractivity contribution in [3.8, 4) is 5.75 Å². The maximum absolute atomic E-state index is 10.9. The van der Waals surface area contributed by atoms with Gasteiger partial charge in [-0.15, -0.1) is 0 Å². The molecule has 0 saturated heterocycles. The molecule has 0 fully saturated rings. The summed E-state index contributed by atoms with van der Waals surface area (Å²) in [6.45, 7) is 1.86. The van der Waals surface area contributed by atoms with E-state index in [2.05, 4.69) is 0 Å². The molecule has 0 spiro atoms. The van der Waals surface area contributed by atoms with Gasteiger partial charge < -0.3 is 9.84 Å². The summed E-state index contributed by atoms with van der Waals surface area (Å²) in [6, 6.07) is 5.24. The van der Waals surface area contributed by atoms with E-state index in [1.807, 2.05) is 6.92 Å². The van der Waals surface area contributed by atoms with E-state index in [-0.39, 0.29) is 0 Å². The van der Waals surface area contributed by atoms with Crippen LogP contribution in [-0.4, -0.2) is 18.2 Å². The van der Waals surface area contributed by atoms with Crippen molar-refractivity contribution >= 4 is 17.6 Å². The summed E-state index contributed by atoms with van der Waals surface area (Å²) in [6.07, 6.45) is 1.03. The molecular formula is C12H15ClO3. The van der Waals surface area contributed by atoms with Gasteiger partial charge in [-0.25, -0.2) is 0 Å². The fourth-order valence-corrected chi connectivity index (χ4v) is 1.77. The van der Waals surface area contributed by atoms with Crippen molar-refractivity contribution in [1.82, 2.24) is 0 Å². The Balaban J connectivity index is 2.93. The maximum atomic E-state index is 10.9. The summed E-state index contributed by atoms with van der Waals surface area (Å²) >= 11 is 5.88. The van der Waals surface area contributed by atoms with Crippen LogP contribution in [0, 0.1) is 5.92 Å². The van der Waals surface area contributed by atoms with Gasteiger partial charge in [0.1, 0.15) is 5.75 Å². The number of benzene rings is 1. The number of hydrogen-bond acceptors (Lipinski definition) is 2. The van der Waals surface area contributed by atoms with Crippen LogP contribution in [0.15, 0.2) is 18.2 Å². The molecule has 0 amide bonds. The molecule has 1 atom stereocenters. The predicted octanol–water partition coefficient (Wildman–Crippen LogP) is 3.00. The Labute approximate surface area is 100.0 Å². The summed E-state index contributed by atoms with van der Waals surface area (Å²) in [7, 11) is 1.56. The average Bonchev–Trinajstić information content (AvgIpc) is 2.25. The molecule has 88 valence electrons. The second kappa shape index (κ2) is 5.75. The molecule has 3 nitrogen and oxygen atoms in total. The summed E-state index contributed by atoms with van der Waals surface area (Å²) < 4.78 is 5.17. The summed E-state index contributed by atoms with van der Waals surface area (Å²) in [5, 5.41) is 9.59. The summed E-state index contributed by atoms with van der Waals surface area (Å²) in [4.78, 5) is 10.9. The van der Waals surface area contributed by atoms with Crippen molar-refractivity contribution in [3.63, 3.8) is 0 Å². The minimum absolute atomic E-state index is 0.396. The maximum Gasteiger partial charge on any atom is 0.306 e. The molecule has 1 rings (SSSR count). The number of rotatable bonds is 5. The van der Waals surface area contributed by atoms with Crippen molar-refractivity contribution in [2.75, 3.05) is 7.11 Å². The molecule has 16 heavy (non-hydrogen) atoms. The molecule has 0 radical (unpaired) electrons. The first-order valence-electron chi connectivity index (χ1n) is 5.13. The lowest BCUT2D eigenvalue weighted by atomic mass is 9.96. The van der Waals surface area contributed by atoms with E-state index < -0.39 is 11.9 Å². The number of hydrogen-bond donors (Lipinski definition) is 1. The molecule has 0 heterocycles. The van der Waals surface area contributed by atoms with Crippen LogP contribution in [0.2, 0.25) is 5.02 Å². The van der Waals surface area contributed by atoms with E-state index >= 15 is 0 Å². The first kappa shape index (κ1) is 12.8. The van der Waals surface area contributed by atoms with E-state index in [4.69, 9.17) is 21.4 Å². The van der Waals surface area contributed by atoms with Crippen LogP contribution in [0.1, 0.15) is 18.9 Å². The molecule has 1 aromatic rings. The average molecular weight is 243 g/mol. The van der Waals surface area contributed by atoms with Gasteiger partial charge in [0.2, 0.25) is 0 Å². The number of ether oxygens (including phenoxy) is 1. The molecule has 1 aromatic carbocycles. The Morgan fingerprint density at radius 3 is 2.75 bits per heavy atom. The molecule has 0 aliphatic rings. The number of methoxy groups -OCH3 is 1. The predicted molar refractivity (Wildman–Crippen MR) is 63.1 cm³/mol. The molecule has 1 unspecified atom stereocenters. The summed E-state index contributed by atoms with van der Waals surface area (Å²) in [5.41, 5.74) is 0.837. The highest BCUT2D eigenvalue weighted by Gasteiger charge is 2.17. The van der Waals surface area contributed by atoms with Gasteiger partial charge in [-0.1, -0.05) is 18.5 Å². The zero-order valence-corrected chi connectivity index (χ0v) is 10.1. The van der Waals surface area contributed by atoms with Gasteiger partial charge in [-0.2, -0.15) is 0 Å². The molecule has 0 aromatic heterocycles. The third-order valence-electron chi connectivity index (χ3n) is 2.55. The number of aliphatic carboxylic acids is 1. The van der Waals surface area contributed by atoms with Gasteiger partial charge in [-0.05, 0) is 36.6 Å². The van der Waals surface area contributed by atoms with Gasteiger partial charge in [-0.3, -0.25) is 4.79 Å². The van der Waals surface area contributed by atoms with E-state index in [1.165, 1.54) is 0 Å². The first-order valence-corrected chi connectivity index (χ1v) is 5.51. The highest BCUT2D eigenvalue weighted by molar-refractivity contribution is 6.30. The van der Waals surface area contributed by atoms with Crippen LogP contribution < -0.4 is 4.74 Å². The van der Waals surface area contributed by atoms with E-state index in [1.54, 1.807) is 25.3 Å². The summed E-state index contributed by atoms with van der Waals surface area (Å²) in [5.74, 6) is -0.499. The first-order chi connectivity index (χ1) is 7.58.